The first-order chi connectivity index (χ1) is 9.82. The number of carbonyl (C=O) groups excluding carboxylic acids is 1. The topological polar surface area (TPSA) is 68.2 Å². The summed E-state index contributed by atoms with van der Waals surface area (Å²) in [5.74, 6) is 0. The lowest BCUT2D eigenvalue weighted by Crippen LogP contribution is -2.55. The summed E-state index contributed by atoms with van der Waals surface area (Å²) in [6, 6.07) is 2.96. The summed E-state index contributed by atoms with van der Waals surface area (Å²) in [6.45, 7) is 8.61. The first kappa shape index (κ1) is 15.8. The molecule has 0 spiro atoms. The highest BCUT2D eigenvalue weighted by Crippen LogP contribution is 2.21. The molecule has 1 aliphatic rings. The van der Waals surface area contributed by atoms with Crippen LogP contribution in [0.4, 0.5) is 4.79 Å². The van der Waals surface area contributed by atoms with E-state index in [0.717, 1.165) is 19.4 Å². The zero-order chi connectivity index (χ0) is 15.5. The number of hydrogen-bond donors (Lipinski definition) is 2. The molecule has 0 aromatic carbocycles. The number of ether oxygens (including phenoxy) is 1. The van der Waals surface area contributed by atoms with Gasteiger partial charge < -0.3 is 15.4 Å². The molecule has 1 fully saturated rings. The number of alkyl carbamates (subject to hydrolysis) is 1. The molecule has 1 aliphatic carbocycles. The van der Waals surface area contributed by atoms with Gasteiger partial charge in [-0.05, 0) is 46.6 Å². The molecule has 2 N–H and O–H groups in total. The summed E-state index contributed by atoms with van der Waals surface area (Å²) in [5, 5.41) is 10.7. The van der Waals surface area contributed by atoms with Crippen molar-refractivity contribution < 1.29 is 9.53 Å². The minimum Gasteiger partial charge on any atom is -0.444 e. The van der Waals surface area contributed by atoms with Crippen LogP contribution in [0.2, 0.25) is 0 Å². The number of rotatable bonds is 5. The fourth-order valence-electron chi connectivity index (χ4n) is 2.49. The Bertz CT molecular complexity index is 447. The van der Waals surface area contributed by atoms with Crippen molar-refractivity contribution in [1.29, 1.82) is 0 Å². The van der Waals surface area contributed by atoms with E-state index in [0.29, 0.717) is 12.1 Å². The summed E-state index contributed by atoms with van der Waals surface area (Å²) in [5.41, 5.74) is -0.441. The van der Waals surface area contributed by atoms with Crippen molar-refractivity contribution in [3.63, 3.8) is 0 Å². The van der Waals surface area contributed by atoms with Crippen LogP contribution in [0.15, 0.2) is 18.5 Å². The molecule has 1 heterocycles. The highest BCUT2D eigenvalue weighted by atomic mass is 16.6. The molecule has 0 bridgehead atoms. The Morgan fingerprint density at radius 1 is 1.43 bits per heavy atom. The largest absolute Gasteiger partial charge is 0.444 e. The molecule has 1 saturated carbocycles. The first-order valence-electron chi connectivity index (χ1n) is 7.55. The third kappa shape index (κ3) is 5.38. The smallest absolute Gasteiger partial charge is 0.407 e. The predicted octanol–water partition coefficient (Wildman–Crippen LogP) is 1.92. The molecule has 6 heteroatoms. The van der Waals surface area contributed by atoms with Gasteiger partial charge in [-0.1, -0.05) is 0 Å². The van der Waals surface area contributed by atoms with E-state index in [1.807, 2.05) is 37.7 Å². The Morgan fingerprint density at radius 3 is 2.71 bits per heavy atom. The molecule has 21 heavy (non-hydrogen) atoms. The van der Waals surface area contributed by atoms with Gasteiger partial charge in [-0.15, -0.1) is 0 Å². The van der Waals surface area contributed by atoms with Gasteiger partial charge in [0.05, 0.1) is 6.54 Å². The summed E-state index contributed by atoms with van der Waals surface area (Å²) in [6.07, 6.45) is 5.32. The van der Waals surface area contributed by atoms with Crippen molar-refractivity contribution in [1.82, 2.24) is 20.4 Å². The van der Waals surface area contributed by atoms with E-state index in [1.165, 1.54) is 0 Å². The third-order valence-corrected chi connectivity index (χ3v) is 3.40. The molecule has 1 atom stereocenters. The SMILES string of the molecule is CC(Cn1cccn1)NC1CC(NC(=O)OC(C)(C)C)C1. The van der Waals surface area contributed by atoms with Gasteiger partial charge in [-0.25, -0.2) is 4.79 Å². The van der Waals surface area contributed by atoms with E-state index >= 15 is 0 Å². The molecule has 6 nitrogen and oxygen atoms in total. The lowest BCUT2D eigenvalue weighted by Gasteiger charge is -2.38. The Hall–Kier alpha value is -1.56. The zero-order valence-electron chi connectivity index (χ0n) is 13.3. The maximum Gasteiger partial charge on any atom is 0.407 e. The second-order valence-corrected chi connectivity index (χ2v) is 6.81. The zero-order valence-corrected chi connectivity index (χ0v) is 13.3. The Labute approximate surface area is 126 Å². The van der Waals surface area contributed by atoms with Crippen molar-refractivity contribution in [3.05, 3.63) is 18.5 Å². The Balaban J connectivity index is 1.62. The van der Waals surface area contributed by atoms with E-state index in [9.17, 15) is 4.79 Å². The van der Waals surface area contributed by atoms with Crippen LogP contribution in [0.1, 0.15) is 40.5 Å². The molecule has 1 amide bonds. The van der Waals surface area contributed by atoms with Crippen LogP contribution in [0.3, 0.4) is 0 Å². The number of aromatic nitrogens is 2. The maximum absolute atomic E-state index is 11.6. The van der Waals surface area contributed by atoms with Crippen LogP contribution in [-0.4, -0.2) is 39.6 Å². The number of amides is 1. The Kier molecular flexibility index (Phi) is 4.88. The second-order valence-electron chi connectivity index (χ2n) is 6.81. The minimum atomic E-state index is -0.441. The van der Waals surface area contributed by atoms with Crippen molar-refractivity contribution in [2.24, 2.45) is 0 Å². The monoisotopic (exact) mass is 294 g/mol. The fourth-order valence-corrected chi connectivity index (χ4v) is 2.49. The van der Waals surface area contributed by atoms with Crippen LogP contribution in [0, 0.1) is 0 Å². The van der Waals surface area contributed by atoms with Gasteiger partial charge in [0.1, 0.15) is 5.60 Å². The maximum atomic E-state index is 11.6. The number of hydrogen-bond acceptors (Lipinski definition) is 4. The lowest BCUT2D eigenvalue weighted by molar-refractivity contribution is 0.0463. The lowest BCUT2D eigenvalue weighted by atomic mass is 9.86. The average Bonchev–Trinajstić information content (AvgIpc) is 2.76. The number of carbonyl (C=O) groups is 1. The van der Waals surface area contributed by atoms with Gasteiger partial charge in [0.2, 0.25) is 0 Å². The Morgan fingerprint density at radius 2 is 2.14 bits per heavy atom. The van der Waals surface area contributed by atoms with E-state index in [2.05, 4.69) is 22.7 Å². The molecule has 118 valence electrons. The van der Waals surface area contributed by atoms with Crippen LogP contribution in [0.5, 0.6) is 0 Å². The summed E-state index contributed by atoms with van der Waals surface area (Å²) >= 11 is 0. The molecule has 1 aromatic heterocycles. The standard InChI is InChI=1S/C15H26N4O2/c1-11(10-19-7-5-6-16-19)17-12-8-13(9-12)18-14(20)21-15(2,3)4/h5-7,11-13,17H,8-10H2,1-4H3,(H,18,20). The molecule has 1 unspecified atom stereocenters. The molecular formula is C15H26N4O2. The number of nitrogens with one attached hydrogen (secondary N) is 2. The van der Waals surface area contributed by atoms with E-state index in [4.69, 9.17) is 4.74 Å². The van der Waals surface area contributed by atoms with Gasteiger partial charge in [0, 0.05) is 30.5 Å². The van der Waals surface area contributed by atoms with Crippen molar-refractivity contribution in [3.8, 4) is 0 Å². The first-order valence-corrected chi connectivity index (χ1v) is 7.55. The van der Waals surface area contributed by atoms with Crippen molar-refractivity contribution in [2.45, 2.75) is 70.8 Å². The van der Waals surface area contributed by atoms with E-state index in [1.54, 1.807) is 6.20 Å². The summed E-state index contributed by atoms with van der Waals surface area (Å²) < 4.78 is 7.17. The van der Waals surface area contributed by atoms with Crippen molar-refractivity contribution in [2.75, 3.05) is 0 Å². The van der Waals surface area contributed by atoms with E-state index in [-0.39, 0.29) is 12.1 Å². The quantitative estimate of drug-likeness (QED) is 0.870. The van der Waals surface area contributed by atoms with Gasteiger partial charge in [0.25, 0.3) is 0 Å². The number of nitrogens with zero attached hydrogens (tertiary/aromatic N) is 2. The normalized spacial score (nSPS) is 23.2. The van der Waals surface area contributed by atoms with Crippen LogP contribution < -0.4 is 10.6 Å². The molecule has 0 saturated heterocycles. The van der Waals surface area contributed by atoms with Crippen LogP contribution >= 0.6 is 0 Å². The highest BCUT2D eigenvalue weighted by Gasteiger charge is 2.32. The van der Waals surface area contributed by atoms with Gasteiger partial charge >= 0.3 is 6.09 Å². The fraction of sp³-hybridized carbons (Fsp3) is 0.733. The highest BCUT2D eigenvalue weighted by molar-refractivity contribution is 5.68. The predicted molar refractivity (Wildman–Crippen MR) is 81.0 cm³/mol. The molecule has 2 rings (SSSR count). The molecule has 0 aliphatic heterocycles. The third-order valence-electron chi connectivity index (χ3n) is 3.40. The summed E-state index contributed by atoms with van der Waals surface area (Å²) in [7, 11) is 0. The van der Waals surface area contributed by atoms with Gasteiger partial charge in [-0.3, -0.25) is 4.68 Å². The van der Waals surface area contributed by atoms with Crippen LogP contribution in [0.25, 0.3) is 0 Å². The van der Waals surface area contributed by atoms with Gasteiger partial charge in [0.15, 0.2) is 0 Å². The van der Waals surface area contributed by atoms with Crippen LogP contribution in [-0.2, 0) is 11.3 Å². The average molecular weight is 294 g/mol. The van der Waals surface area contributed by atoms with Crippen molar-refractivity contribution >= 4 is 6.09 Å². The van der Waals surface area contributed by atoms with E-state index < -0.39 is 5.60 Å². The minimum absolute atomic E-state index is 0.217. The second kappa shape index (κ2) is 6.47. The summed E-state index contributed by atoms with van der Waals surface area (Å²) in [4.78, 5) is 11.6. The van der Waals surface area contributed by atoms with Gasteiger partial charge in [-0.2, -0.15) is 5.10 Å². The molecule has 1 aromatic rings. The molecule has 0 radical (unpaired) electrons. The molecular weight excluding hydrogens is 268 g/mol.